The third-order valence-electron chi connectivity index (χ3n) is 6.47. The van der Waals surface area contributed by atoms with Gasteiger partial charge >= 0.3 is 0 Å². The Morgan fingerprint density at radius 2 is 1.46 bits per heavy atom. The zero-order valence-electron chi connectivity index (χ0n) is 19.7. The first kappa shape index (κ1) is 23.0. The van der Waals surface area contributed by atoms with E-state index in [2.05, 4.69) is 24.0 Å². The van der Waals surface area contributed by atoms with Gasteiger partial charge < -0.3 is 4.90 Å². The molecule has 1 fully saturated rings. The van der Waals surface area contributed by atoms with Crippen LogP contribution in [0.25, 0.3) is 6.08 Å². The van der Waals surface area contributed by atoms with Crippen LogP contribution >= 0.6 is 12.2 Å². The molecular weight excluding hydrogens is 454 g/mol. The average Bonchev–Trinajstić information content (AvgIpc) is 3.29. The van der Waals surface area contributed by atoms with E-state index in [0.717, 1.165) is 31.5 Å². The van der Waals surface area contributed by atoms with Crippen molar-refractivity contribution < 1.29 is 9.59 Å². The number of carbonyl (C=O) groups excluding carboxylic acids is 2. The van der Waals surface area contributed by atoms with Crippen molar-refractivity contribution in [1.29, 1.82) is 0 Å². The zero-order valence-corrected chi connectivity index (χ0v) is 20.5. The number of thiocarbonyl (C=S) groups is 1. The van der Waals surface area contributed by atoms with Gasteiger partial charge in [0.05, 0.1) is 11.4 Å². The van der Waals surface area contributed by atoms with Crippen molar-refractivity contribution in [3.05, 3.63) is 95.6 Å². The van der Waals surface area contributed by atoms with Crippen molar-refractivity contribution in [2.75, 3.05) is 27.8 Å². The molecule has 0 spiro atoms. The Hall–Kier alpha value is -3.77. The van der Waals surface area contributed by atoms with Crippen LogP contribution in [0.4, 0.5) is 17.1 Å². The van der Waals surface area contributed by atoms with Gasteiger partial charge in [-0.3, -0.25) is 19.4 Å². The van der Waals surface area contributed by atoms with E-state index in [9.17, 15) is 9.59 Å². The van der Waals surface area contributed by atoms with Crippen LogP contribution in [0.2, 0.25) is 0 Å². The highest BCUT2D eigenvalue weighted by Crippen LogP contribution is 2.32. The molecule has 0 unspecified atom stereocenters. The van der Waals surface area contributed by atoms with Gasteiger partial charge in [0.2, 0.25) is 0 Å². The number of amides is 2. The summed E-state index contributed by atoms with van der Waals surface area (Å²) in [6.45, 7) is 4.26. The minimum atomic E-state index is -0.413. The first-order chi connectivity index (χ1) is 17.1. The van der Waals surface area contributed by atoms with E-state index in [1.165, 1.54) is 27.5 Å². The van der Waals surface area contributed by atoms with Crippen LogP contribution in [0.15, 0.2) is 84.4 Å². The fourth-order valence-electron chi connectivity index (χ4n) is 4.67. The summed E-state index contributed by atoms with van der Waals surface area (Å²) in [6, 6.07) is 24.6. The van der Waals surface area contributed by atoms with E-state index in [1.807, 2.05) is 66.7 Å². The molecule has 3 aromatic carbocycles. The quantitative estimate of drug-likeness (QED) is 0.261. The van der Waals surface area contributed by atoms with Crippen LogP contribution in [0.3, 0.4) is 0 Å². The molecule has 6 heteroatoms. The van der Waals surface area contributed by atoms with Gasteiger partial charge in [-0.25, -0.2) is 0 Å². The summed E-state index contributed by atoms with van der Waals surface area (Å²) in [5, 5.41) is 0.148. The summed E-state index contributed by atoms with van der Waals surface area (Å²) in [5.74, 6) is -0.827. The van der Waals surface area contributed by atoms with Crippen LogP contribution < -0.4 is 14.7 Å². The number of para-hydroxylation sites is 2. The Morgan fingerprint density at radius 1 is 0.857 bits per heavy atom. The molecule has 1 saturated heterocycles. The van der Waals surface area contributed by atoms with E-state index in [4.69, 9.17) is 12.2 Å². The highest BCUT2D eigenvalue weighted by atomic mass is 32.1. The molecule has 0 saturated carbocycles. The summed E-state index contributed by atoms with van der Waals surface area (Å²) >= 11 is 5.67. The van der Waals surface area contributed by atoms with Crippen LogP contribution in [0.5, 0.6) is 0 Å². The normalized spacial score (nSPS) is 15.6. The third-order valence-corrected chi connectivity index (χ3v) is 6.83. The van der Waals surface area contributed by atoms with Gasteiger partial charge in [-0.05, 0) is 78.7 Å². The van der Waals surface area contributed by atoms with Crippen LogP contribution in [-0.2, 0) is 16.0 Å². The van der Waals surface area contributed by atoms with Gasteiger partial charge in [-0.1, -0.05) is 55.8 Å². The molecule has 35 heavy (non-hydrogen) atoms. The molecule has 5 nitrogen and oxygen atoms in total. The third kappa shape index (κ3) is 4.37. The molecule has 0 N–H and O–H groups in total. The minimum Gasteiger partial charge on any atom is -0.371 e. The molecule has 0 atom stereocenters. The van der Waals surface area contributed by atoms with Gasteiger partial charge in [-0.15, -0.1) is 0 Å². The van der Waals surface area contributed by atoms with Crippen LogP contribution in [0.1, 0.15) is 30.9 Å². The maximum absolute atomic E-state index is 13.6. The Balaban J connectivity index is 1.55. The summed E-state index contributed by atoms with van der Waals surface area (Å²) in [6.07, 6.45) is 5.00. The molecule has 0 aromatic heterocycles. The van der Waals surface area contributed by atoms with E-state index in [0.29, 0.717) is 11.4 Å². The van der Waals surface area contributed by atoms with Crippen molar-refractivity contribution in [3.63, 3.8) is 0 Å². The molecule has 2 aliphatic heterocycles. The first-order valence-corrected chi connectivity index (χ1v) is 12.4. The van der Waals surface area contributed by atoms with Gasteiger partial charge in [0.15, 0.2) is 5.11 Å². The Bertz CT molecular complexity index is 1240. The average molecular weight is 482 g/mol. The van der Waals surface area contributed by atoms with Crippen molar-refractivity contribution in [1.82, 2.24) is 0 Å². The summed E-state index contributed by atoms with van der Waals surface area (Å²) in [5.41, 5.74) is 4.69. The highest BCUT2D eigenvalue weighted by Gasteiger charge is 2.41. The van der Waals surface area contributed by atoms with E-state index < -0.39 is 11.8 Å². The molecule has 5 rings (SSSR count). The number of carbonyl (C=O) groups is 2. The summed E-state index contributed by atoms with van der Waals surface area (Å²) in [4.78, 5) is 32.6. The van der Waals surface area contributed by atoms with Gasteiger partial charge in [0.25, 0.3) is 11.8 Å². The maximum Gasteiger partial charge on any atom is 0.270 e. The van der Waals surface area contributed by atoms with Crippen molar-refractivity contribution in [3.8, 4) is 0 Å². The predicted octanol–water partition coefficient (Wildman–Crippen LogP) is 5.60. The molecule has 0 aliphatic carbocycles. The SMILES string of the molecule is CCCCN1CCc2cc(C=C3C(=O)N(c4ccccc4)C(=S)N(c4ccccc4)C3=O)ccc21. The number of fused-ring (bicyclic) bond motifs is 1. The lowest BCUT2D eigenvalue weighted by Crippen LogP contribution is -2.56. The zero-order chi connectivity index (χ0) is 24.4. The summed E-state index contributed by atoms with van der Waals surface area (Å²) < 4.78 is 0. The second-order valence-electron chi connectivity index (χ2n) is 8.77. The Labute approximate surface area is 211 Å². The molecular formula is C29H27N3O2S. The lowest BCUT2D eigenvalue weighted by atomic mass is 10.0. The Kier molecular flexibility index (Phi) is 6.47. The number of rotatable bonds is 6. The standard InChI is InChI=1S/C29H27N3O2S/c1-2-3-17-30-18-16-22-19-21(14-15-26(22)30)20-25-27(33)31(23-10-6-4-7-11-23)29(35)32(28(25)34)24-12-8-5-9-13-24/h4-15,19-20H,2-3,16-18H2,1H3. The molecule has 176 valence electrons. The Morgan fingerprint density at radius 3 is 2.03 bits per heavy atom. The molecule has 2 aliphatic rings. The number of nitrogens with zero attached hydrogens (tertiary/aromatic N) is 3. The molecule has 2 amide bonds. The molecule has 0 radical (unpaired) electrons. The predicted molar refractivity (Wildman–Crippen MR) is 146 cm³/mol. The fourth-order valence-corrected chi connectivity index (χ4v) is 5.04. The molecule has 0 bridgehead atoms. The van der Waals surface area contributed by atoms with Gasteiger partial charge in [0.1, 0.15) is 5.57 Å². The number of hydrogen-bond acceptors (Lipinski definition) is 4. The lowest BCUT2D eigenvalue weighted by molar-refractivity contribution is -0.120. The largest absolute Gasteiger partial charge is 0.371 e. The highest BCUT2D eigenvalue weighted by molar-refractivity contribution is 7.81. The number of unbranched alkanes of at least 4 members (excludes halogenated alkanes) is 1. The molecule has 3 aromatic rings. The lowest BCUT2D eigenvalue weighted by Gasteiger charge is -2.36. The summed E-state index contributed by atoms with van der Waals surface area (Å²) in [7, 11) is 0. The van der Waals surface area contributed by atoms with E-state index in [-0.39, 0.29) is 10.7 Å². The number of hydrogen-bond donors (Lipinski definition) is 0. The van der Waals surface area contributed by atoms with Crippen molar-refractivity contribution in [2.24, 2.45) is 0 Å². The van der Waals surface area contributed by atoms with E-state index in [1.54, 1.807) is 6.08 Å². The topological polar surface area (TPSA) is 43.9 Å². The fraction of sp³-hybridized carbons (Fsp3) is 0.207. The second-order valence-corrected chi connectivity index (χ2v) is 9.14. The molecule has 2 heterocycles. The van der Waals surface area contributed by atoms with Gasteiger partial charge in [-0.2, -0.15) is 0 Å². The van der Waals surface area contributed by atoms with E-state index >= 15 is 0 Å². The first-order valence-electron chi connectivity index (χ1n) is 12.0. The van der Waals surface area contributed by atoms with Crippen molar-refractivity contribution >= 4 is 52.3 Å². The second kappa shape index (κ2) is 9.84. The van der Waals surface area contributed by atoms with Crippen molar-refractivity contribution in [2.45, 2.75) is 26.2 Å². The maximum atomic E-state index is 13.6. The number of anilines is 3. The smallest absolute Gasteiger partial charge is 0.270 e. The minimum absolute atomic E-state index is 0.0899. The van der Waals surface area contributed by atoms with Crippen LogP contribution in [0, 0.1) is 0 Å². The van der Waals surface area contributed by atoms with Crippen LogP contribution in [-0.4, -0.2) is 30.0 Å². The van der Waals surface area contributed by atoms with Gasteiger partial charge in [0, 0.05) is 18.8 Å². The monoisotopic (exact) mass is 481 g/mol. The number of benzene rings is 3.